The number of nitrogens with zero attached hydrogens (tertiary/aromatic N) is 3. The summed E-state index contributed by atoms with van der Waals surface area (Å²) in [6.45, 7) is 0.523. The maximum atomic E-state index is 5.81. The van der Waals surface area contributed by atoms with Crippen LogP contribution in [-0.4, -0.2) is 20.2 Å². The van der Waals surface area contributed by atoms with E-state index in [0.29, 0.717) is 17.4 Å². The predicted molar refractivity (Wildman–Crippen MR) is 58.0 cm³/mol. The third-order valence-electron chi connectivity index (χ3n) is 1.72. The first kappa shape index (κ1) is 10.2. The van der Waals surface area contributed by atoms with Gasteiger partial charge in [0.05, 0.1) is 12.2 Å². The smallest absolute Gasteiger partial charge is 0.174 e. The highest BCUT2D eigenvalue weighted by atomic mass is 35.5. The van der Waals surface area contributed by atoms with Crippen molar-refractivity contribution < 1.29 is 0 Å². The largest absolute Gasteiger partial charge is 0.375 e. The minimum atomic E-state index is 0.283. The van der Waals surface area contributed by atoms with Gasteiger partial charge < -0.3 is 10.3 Å². The third-order valence-corrected chi connectivity index (χ3v) is 2.18. The van der Waals surface area contributed by atoms with Crippen molar-refractivity contribution in [1.82, 2.24) is 20.2 Å². The number of nitrogens with one attached hydrogen (secondary N) is 2. The molecule has 0 aliphatic rings. The van der Waals surface area contributed by atoms with E-state index in [4.69, 9.17) is 23.2 Å². The number of aromatic nitrogens is 4. The van der Waals surface area contributed by atoms with Crippen LogP contribution in [0.3, 0.4) is 0 Å². The zero-order valence-electron chi connectivity index (χ0n) is 7.54. The van der Waals surface area contributed by atoms with Gasteiger partial charge in [-0.15, -0.1) is 10.2 Å². The Labute approximate surface area is 95.8 Å². The monoisotopic (exact) mass is 243 g/mol. The molecule has 0 saturated carbocycles. The van der Waals surface area contributed by atoms with Crippen LogP contribution in [0.25, 0.3) is 0 Å². The molecule has 0 amide bonds. The SMILES string of the molecule is Clc1cc(NCc2ncc[nH]2)c(Cl)nn1. The van der Waals surface area contributed by atoms with Crippen LogP contribution in [0.4, 0.5) is 5.69 Å². The summed E-state index contributed by atoms with van der Waals surface area (Å²) in [5.74, 6) is 0.805. The highest BCUT2D eigenvalue weighted by Crippen LogP contribution is 2.20. The molecule has 0 bridgehead atoms. The highest BCUT2D eigenvalue weighted by molar-refractivity contribution is 6.33. The normalized spacial score (nSPS) is 10.3. The van der Waals surface area contributed by atoms with Crippen molar-refractivity contribution >= 4 is 28.9 Å². The van der Waals surface area contributed by atoms with Gasteiger partial charge in [0.1, 0.15) is 5.82 Å². The van der Waals surface area contributed by atoms with Gasteiger partial charge in [0, 0.05) is 18.5 Å². The van der Waals surface area contributed by atoms with Crippen LogP contribution in [0, 0.1) is 0 Å². The lowest BCUT2D eigenvalue weighted by molar-refractivity contribution is 0.980. The minimum absolute atomic E-state index is 0.283. The Balaban J connectivity index is 2.07. The van der Waals surface area contributed by atoms with Crippen LogP contribution >= 0.6 is 23.2 Å². The zero-order valence-corrected chi connectivity index (χ0v) is 9.05. The quantitative estimate of drug-likeness (QED) is 0.867. The standard InChI is InChI=1S/C8H7Cl2N5/c9-6-3-5(8(10)15-14-6)13-4-7-11-1-2-12-7/h1-3H,4H2,(H,11,12)(H,13,14). The second-order valence-electron chi connectivity index (χ2n) is 2.76. The predicted octanol–water partition coefficient (Wildman–Crippen LogP) is 2.12. The molecule has 2 aromatic heterocycles. The Morgan fingerprint density at radius 3 is 2.93 bits per heavy atom. The maximum Gasteiger partial charge on any atom is 0.174 e. The molecule has 5 nitrogen and oxygen atoms in total. The summed E-state index contributed by atoms with van der Waals surface area (Å²) in [6, 6.07) is 1.61. The molecule has 7 heteroatoms. The molecule has 15 heavy (non-hydrogen) atoms. The first-order chi connectivity index (χ1) is 7.25. The molecule has 2 rings (SSSR count). The summed E-state index contributed by atoms with van der Waals surface area (Å²) in [4.78, 5) is 7.01. The van der Waals surface area contributed by atoms with E-state index in [0.717, 1.165) is 5.82 Å². The van der Waals surface area contributed by atoms with Crippen LogP contribution in [0.15, 0.2) is 18.5 Å². The van der Waals surface area contributed by atoms with Crippen molar-refractivity contribution in [3.8, 4) is 0 Å². The number of halogens is 2. The summed E-state index contributed by atoms with van der Waals surface area (Å²) in [6.07, 6.45) is 3.42. The van der Waals surface area contributed by atoms with Gasteiger partial charge in [0.25, 0.3) is 0 Å². The summed E-state index contributed by atoms with van der Waals surface area (Å²) in [5.41, 5.74) is 0.632. The number of imidazole rings is 1. The molecule has 0 aliphatic carbocycles. The second kappa shape index (κ2) is 4.46. The summed E-state index contributed by atoms with van der Waals surface area (Å²) >= 11 is 11.5. The van der Waals surface area contributed by atoms with Crippen LogP contribution in [0.5, 0.6) is 0 Å². The average molecular weight is 244 g/mol. The van der Waals surface area contributed by atoms with Crippen LogP contribution < -0.4 is 5.32 Å². The third kappa shape index (κ3) is 2.57. The fraction of sp³-hybridized carbons (Fsp3) is 0.125. The Morgan fingerprint density at radius 2 is 2.20 bits per heavy atom. The number of hydrogen-bond acceptors (Lipinski definition) is 4. The first-order valence-electron chi connectivity index (χ1n) is 4.16. The van der Waals surface area contributed by atoms with E-state index in [-0.39, 0.29) is 5.15 Å². The number of hydrogen-bond donors (Lipinski definition) is 2. The number of rotatable bonds is 3. The molecule has 0 fully saturated rings. The highest BCUT2D eigenvalue weighted by Gasteiger charge is 2.04. The van der Waals surface area contributed by atoms with Crippen molar-refractivity contribution in [2.45, 2.75) is 6.54 Å². The van der Waals surface area contributed by atoms with E-state index in [9.17, 15) is 0 Å². The lowest BCUT2D eigenvalue weighted by Crippen LogP contribution is -2.03. The lowest BCUT2D eigenvalue weighted by Gasteiger charge is -2.05. The molecular formula is C8H7Cl2N5. The van der Waals surface area contributed by atoms with E-state index >= 15 is 0 Å². The topological polar surface area (TPSA) is 66.5 Å². The van der Waals surface area contributed by atoms with Gasteiger partial charge in [-0.05, 0) is 0 Å². The molecule has 0 unspecified atom stereocenters. The van der Waals surface area contributed by atoms with E-state index in [1.54, 1.807) is 18.5 Å². The van der Waals surface area contributed by atoms with Crippen molar-refractivity contribution in [2.75, 3.05) is 5.32 Å². The molecule has 0 spiro atoms. The van der Waals surface area contributed by atoms with Gasteiger partial charge in [0.15, 0.2) is 10.3 Å². The molecule has 0 aliphatic heterocycles. The van der Waals surface area contributed by atoms with Crippen molar-refractivity contribution in [3.05, 3.63) is 34.6 Å². The van der Waals surface area contributed by atoms with E-state index < -0.39 is 0 Å². The van der Waals surface area contributed by atoms with E-state index in [1.807, 2.05) is 0 Å². The van der Waals surface area contributed by atoms with Crippen molar-refractivity contribution in [2.24, 2.45) is 0 Å². The Morgan fingerprint density at radius 1 is 1.33 bits per heavy atom. The molecule has 2 heterocycles. The number of H-pyrrole nitrogens is 1. The first-order valence-corrected chi connectivity index (χ1v) is 4.92. The summed E-state index contributed by atoms with van der Waals surface area (Å²) in [7, 11) is 0. The Bertz CT molecular complexity index is 442. The van der Waals surface area contributed by atoms with E-state index in [1.165, 1.54) is 0 Å². The Kier molecular flexibility index (Phi) is 3.03. The molecule has 0 atom stereocenters. The lowest BCUT2D eigenvalue weighted by atomic mass is 10.4. The fourth-order valence-electron chi connectivity index (χ4n) is 1.05. The molecule has 78 valence electrons. The van der Waals surface area contributed by atoms with Crippen LogP contribution in [0.2, 0.25) is 10.3 Å². The van der Waals surface area contributed by atoms with Gasteiger partial charge in [-0.3, -0.25) is 0 Å². The number of aromatic amines is 1. The maximum absolute atomic E-state index is 5.81. The van der Waals surface area contributed by atoms with Crippen molar-refractivity contribution in [3.63, 3.8) is 0 Å². The van der Waals surface area contributed by atoms with Gasteiger partial charge in [-0.25, -0.2) is 4.98 Å². The van der Waals surface area contributed by atoms with Gasteiger partial charge in [-0.2, -0.15) is 0 Å². The minimum Gasteiger partial charge on any atom is -0.375 e. The molecule has 2 aromatic rings. The van der Waals surface area contributed by atoms with E-state index in [2.05, 4.69) is 25.5 Å². The van der Waals surface area contributed by atoms with Gasteiger partial charge in [-0.1, -0.05) is 23.2 Å². The zero-order chi connectivity index (χ0) is 10.7. The molecule has 0 saturated heterocycles. The van der Waals surface area contributed by atoms with Gasteiger partial charge in [0.2, 0.25) is 0 Å². The molecule has 2 N–H and O–H groups in total. The fourth-order valence-corrected chi connectivity index (χ4v) is 1.36. The van der Waals surface area contributed by atoms with Crippen molar-refractivity contribution in [1.29, 1.82) is 0 Å². The van der Waals surface area contributed by atoms with Crippen LogP contribution in [0.1, 0.15) is 5.82 Å². The number of anilines is 1. The summed E-state index contributed by atoms with van der Waals surface area (Å²) < 4.78 is 0. The Hall–Kier alpha value is -1.33. The molecular weight excluding hydrogens is 237 g/mol. The molecule has 0 radical (unpaired) electrons. The van der Waals surface area contributed by atoms with Gasteiger partial charge >= 0.3 is 0 Å². The summed E-state index contributed by atoms with van der Waals surface area (Å²) in [5, 5.41) is 10.9. The van der Waals surface area contributed by atoms with Crippen LogP contribution in [-0.2, 0) is 6.54 Å². The average Bonchev–Trinajstić information content (AvgIpc) is 2.72. The molecule has 0 aromatic carbocycles. The second-order valence-corrected chi connectivity index (χ2v) is 3.51.